The lowest BCUT2D eigenvalue weighted by atomic mass is 10.1. The smallest absolute Gasteiger partial charge is 0.0964 e. The molecule has 1 N–H and O–H groups in total. The van der Waals surface area contributed by atoms with Crippen LogP contribution in [0.4, 0.5) is 0 Å². The first-order valence-corrected chi connectivity index (χ1v) is 6.47. The lowest BCUT2D eigenvalue weighted by Gasteiger charge is -2.07. The Balaban J connectivity index is 1.71. The quantitative estimate of drug-likeness (QED) is 0.725. The Morgan fingerprint density at radius 3 is 3.06 bits per heavy atom. The Hall–Kier alpha value is -0.940. The topological polar surface area (TPSA) is 52.0 Å². The molecule has 0 bridgehead atoms. The van der Waals surface area contributed by atoms with E-state index in [2.05, 4.69) is 21.8 Å². The molecule has 1 saturated carbocycles. The zero-order chi connectivity index (χ0) is 11.9. The Morgan fingerprint density at radius 1 is 1.47 bits per heavy atom. The van der Waals surface area contributed by atoms with Crippen molar-refractivity contribution < 1.29 is 4.74 Å². The molecule has 5 heteroatoms. The van der Waals surface area contributed by atoms with E-state index in [9.17, 15) is 0 Å². The minimum absolute atomic E-state index is 0.732. The van der Waals surface area contributed by atoms with Gasteiger partial charge in [0.15, 0.2) is 0 Å². The van der Waals surface area contributed by atoms with Crippen molar-refractivity contribution in [2.75, 3.05) is 20.3 Å². The molecule has 5 nitrogen and oxygen atoms in total. The fourth-order valence-corrected chi connectivity index (χ4v) is 2.36. The summed E-state index contributed by atoms with van der Waals surface area (Å²) in [6.07, 6.45) is 7.51. The average Bonchev–Trinajstić information content (AvgIpc) is 2.97. The number of nitrogens with zero attached hydrogens (tertiary/aromatic N) is 3. The zero-order valence-corrected chi connectivity index (χ0v) is 10.6. The highest BCUT2D eigenvalue weighted by Gasteiger charge is 2.15. The molecule has 0 saturated heterocycles. The number of rotatable bonds is 7. The van der Waals surface area contributed by atoms with E-state index in [1.807, 2.05) is 4.68 Å². The van der Waals surface area contributed by atoms with Crippen molar-refractivity contribution in [3.63, 3.8) is 0 Å². The molecule has 0 spiro atoms. The van der Waals surface area contributed by atoms with Gasteiger partial charge < -0.3 is 10.1 Å². The summed E-state index contributed by atoms with van der Waals surface area (Å²) >= 11 is 0. The third kappa shape index (κ3) is 4.09. The number of hydrogen-bond donors (Lipinski definition) is 1. The molecule has 1 aliphatic carbocycles. The largest absolute Gasteiger partial charge is 0.383 e. The predicted molar refractivity (Wildman–Crippen MR) is 65.6 cm³/mol. The van der Waals surface area contributed by atoms with Gasteiger partial charge in [-0.3, -0.25) is 4.68 Å². The highest BCUT2D eigenvalue weighted by atomic mass is 16.5. The molecular formula is C12H22N4O. The van der Waals surface area contributed by atoms with Gasteiger partial charge in [0.25, 0.3) is 0 Å². The van der Waals surface area contributed by atoms with E-state index in [0.717, 1.165) is 37.9 Å². The molecule has 2 rings (SSSR count). The van der Waals surface area contributed by atoms with Crippen LogP contribution in [0.5, 0.6) is 0 Å². The first-order chi connectivity index (χ1) is 8.38. The molecule has 1 aromatic rings. The second-order valence-corrected chi connectivity index (χ2v) is 4.75. The third-order valence-electron chi connectivity index (χ3n) is 3.30. The maximum absolute atomic E-state index is 4.97. The van der Waals surface area contributed by atoms with Gasteiger partial charge >= 0.3 is 0 Å². The first kappa shape index (κ1) is 12.5. The Morgan fingerprint density at radius 2 is 2.29 bits per heavy atom. The van der Waals surface area contributed by atoms with Crippen molar-refractivity contribution in [2.45, 2.75) is 38.8 Å². The summed E-state index contributed by atoms with van der Waals surface area (Å²) in [4.78, 5) is 0. The Labute approximate surface area is 103 Å². The average molecular weight is 238 g/mol. The van der Waals surface area contributed by atoms with E-state index in [4.69, 9.17) is 4.74 Å². The Kier molecular flexibility index (Phi) is 4.94. The maximum Gasteiger partial charge on any atom is 0.0964 e. The molecule has 1 heterocycles. The number of nitrogens with one attached hydrogen (secondary N) is 1. The van der Waals surface area contributed by atoms with E-state index < -0.39 is 0 Å². The van der Waals surface area contributed by atoms with Gasteiger partial charge in [-0.15, -0.1) is 5.10 Å². The number of hydrogen-bond acceptors (Lipinski definition) is 4. The summed E-state index contributed by atoms with van der Waals surface area (Å²) in [5.74, 6) is 0.811. The first-order valence-electron chi connectivity index (χ1n) is 6.47. The second kappa shape index (κ2) is 6.71. The molecule has 1 fully saturated rings. The highest BCUT2D eigenvalue weighted by molar-refractivity contribution is 4.91. The van der Waals surface area contributed by atoms with Gasteiger partial charge in [0.2, 0.25) is 0 Å². The summed E-state index contributed by atoms with van der Waals surface area (Å²) in [6, 6.07) is 0. The van der Waals surface area contributed by atoms with E-state index in [1.54, 1.807) is 7.11 Å². The standard InChI is InChI=1S/C12H22N4O/c1-17-7-6-13-8-12-10-16(15-14-12)9-11-4-2-3-5-11/h10-11,13H,2-9H2,1H3. The van der Waals surface area contributed by atoms with Crippen LogP contribution in [0, 0.1) is 5.92 Å². The van der Waals surface area contributed by atoms with E-state index in [0.29, 0.717) is 0 Å². The van der Waals surface area contributed by atoms with Crippen LogP contribution in [0.1, 0.15) is 31.4 Å². The van der Waals surface area contributed by atoms with Crippen LogP contribution in [0.2, 0.25) is 0 Å². The fourth-order valence-electron chi connectivity index (χ4n) is 2.36. The van der Waals surface area contributed by atoms with Gasteiger partial charge in [0.1, 0.15) is 0 Å². The van der Waals surface area contributed by atoms with Crippen LogP contribution in [-0.4, -0.2) is 35.3 Å². The molecule has 0 unspecified atom stereocenters. The predicted octanol–water partition coefficient (Wildman–Crippen LogP) is 1.20. The van der Waals surface area contributed by atoms with Gasteiger partial charge in [0, 0.05) is 32.9 Å². The van der Waals surface area contributed by atoms with Crippen LogP contribution < -0.4 is 5.32 Å². The van der Waals surface area contributed by atoms with Gasteiger partial charge in [0.05, 0.1) is 12.3 Å². The molecule has 1 aliphatic rings. The molecule has 17 heavy (non-hydrogen) atoms. The molecule has 1 aromatic heterocycles. The third-order valence-corrected chi connectivity index (χ3v) is 3.30. The normalized spacial score (nSPS) is 16.8. The van der Waals surface area contributed by atoms with Gasteiger partial charge in [-0.1, -0.05) is 18.1 Å². The monoisotopic (exact) mass is 238 g/mol. The number of aromatic nitrogens is 3. The van der Waals surface area contributed by atoms with Crippen LogP contribution >= 0.6 is 0 Å². The maximum atomic E-state index is 4.97. The summed E-state index contributed by atoms with van der Waals surface area (Å²) < 4.78 is 6.96. The van der Waals surface area contributed by atoms with Crippen molar-refractivity contribution in [2.24, 2.45) is 5.92 Å². The summed E-state index contributed by atoms with van der Waals surface area (Å²) in [5.41, 5.74) is 1.01. The van der Waals surface area contributed by atoms with Crippen molar-refractivity contribution in [3.05, 3.63) is 11.9 Å². The minimum Gasteiger partial charge on any atom is -0.383 e. The van der Waals surface area contributed by atoms with Crippen molar-refractivity contribution in [3.8, 4) is 0 Å². The van der Waals surface area contributed by atoms with E-state index >= 15 is 0 Å². The van der Waals surface area contributed by atoms with Crippen LogP contribution in [0.15, 0.2) is 6.20 Å². The van der Waals surface area contributed by atoms with Gasteiger partial charge in [-0.2, -0.15) is 0 Å². The molecular weight excluding hydrogens is 216 g/mol. The van der Waals surface area contributed by atoms with Crippen molar-refractivity contribution in [1.29, 1.82) is 0 Å². The lowest BCUT2D eigenvalue weighted by molar-refractivity contribution is 0.199. The molecule has 0 aromatic carbocycles. The van der Waals surface area contributed by atoms with Gasteiger partial charge in [-0.05, 0) is 18.8 Å². The van der Waals surface area contributed by atoms with Crippen molar-refractivity contribution >= 4 is 0 Å². The van der Waals surface area contributed by atoms with Crippen LogP contribution in [0.3, 0.4) is 0 Å². The van der Waals surface area contributed by atoms with E-state index in [-0.39, 0.29) is 0 Å². The summed E-state index contributed by atoms with van der Waals surface area (Å²) in [6.45, 7) is 3.39. The molecule has 0 atom stereocenters. The second-order valence-electron chi connectivity index (χ2n) is 4.75. The van der Waals surface area contributed by atoms with Crippen molar-refractivity contribution in [1.82, 2.24) is 20.3 Å². The van der Waals surface area contributed by atoms with Gasteiger partial charge in [-0.25, -0.2) is 0 Å². The number of ether oxygens (including phenoxy) is 1. The highest BCUT2D eigenvalue weighted by Crippen LogP contribution is 2.25. The minimum atomic E-state index is 0.732. The van der Waals surface area contributed by atoms with Crippen LogP contribution in [-0.2, 0) is 17.8 Å². The number of methoxy groups -OCH3 is 1. The zero-order valence-electron chi connectivity index (χ0n) is 10.6. The summed E-state index contributed by atoms with van der Waals surface area (Å²) in [7, 11) is 1.71. The molecule has 0 aliphatic heterocycles. The Bertz CT molecular complexity index is 320. The fraction of sp³-hybridized carbons (Fsp3) is 0.833. The lowest BCUT2D eigenvalue weighted by Crippen LogP contribution is -2.18. The molecule has 96 valence electrons. The van der Waals surface area contributed by atoms with Crippen LogP contribution in [0.25, 0.3) is 0 Å². The SMILES string of the molecule is COCCNCc1cn(CC2CCCC2)nn1. The molecule has 0 radical (unpaired) electrons. The summed E-state index contributed by atoms with van der Waals surface area (Å²) in [5, 5.41) is 11.6. The molecule has 0 amide bonds. The van der Waals surface area contributed by atoms with E-state index in [1.165, 1.54) is 25.7 Å².